The first-order valence-corrected chi connectivity index (χ1v) is 3.85. The second-order valence-corrected chi connectivity index (χ2v) is 2.44. The van der Waals surface area contributed by atoms with E-state index in [4.69, 9.17) is 10.8 Å². The number of aliphatic hydroxyl groups excluding tert-OH is 1. The summed E-state index contributed by atoms with van der Waals surface area (Å²) in [6, 6.07) is 0. The lowest BCUT2D eigenvalue weighted by atomic mass is 10.3. The van der Waals surface area contributed by atoms with Crippen molar-refractivity contribution in [2.45, 2.75) is 25.9 Å². The van der Waals surface area contributed by atoms with Gasteiger partial charge >= 0.3 is 0 Å². The molecular weight excluding hydrogens is 144 g/mol. The van der Waals surface area contributed by atoms with E-state index in [-0.39, 0.29) is 19.0 Å². The summed E-state index contributed by atoms with van der Waals surface area (Å²) in [7, 11) is 0. The van der Waals surface area contributed by atoms with Crippen LogP contribution in [-0.2, 0) is 4.79 Å². The van der Waals surface area contributed by atoms with Gasteiger partial charge in [-0.15, -0.1) is 0 Å². The molecule has 1 unspecified atom stereocenters. The number of amides is 1. The van der Waals surface area contributed by atoms with E-state index in [1.54, 1.807) is 0 Å². The summed E-state index contributed by atoms with van der Waals surface area (Å²) in [5.74, 6) is -0.0278. The summed E-state index contributed by atoms with van der Waals surface area (Å²) in [4.78, 5) is 10.8. The van der Waals surface area contributed by atoms with Gasteiger partial charge in [0, 0.05) is 19.5 Å². The van der Waals surface area contributed by atoms with Crippen LogP contribution < -0.4 is 11.1 Å². The van der Waals surface area contributed by atoms with Crippen LogP contribution in [0.1, 0.15) is 19.8 Å². The van der Waals surface area contributed by atoms with E-state index in [9.17, 15) is 4.79 Å². The maximum absolute atomic E-state index is 10.8. The molecule has 4 N–H and O–H groups in total. The van der Waals surface area contributed by atoms with Gasteiger partial charge in [0.1, 0.15) is 0 Å². The Balaban J connectivity index is 3.30. The molecule has 0 rings (SSSR count). The summed E-state index contributed by atoms with van der Waals surface area (Å²) in [5, 5.41) is 11.5. The second-order valence-electron chi connectivity index (χ2n) is 2.44. The van der Waals surface area contributed by atoms with Crippen LogP contribution in [0.3, 0.4) is 0 Å². The van der Waals surface area contributed by atoms with Crippen LogP contribution >= 0.6 is 0 Å². The topological polar surface area (TPSA) is 75.3 Å². The third-order valence-electron chi connectivity index (χ3n) is 1.28. The lowest BCUT2D eigenvalue weighted by Crippen LogP contribution is -2.35. The first kappa shape index (κ1) is 10.4. The number of hydrogen-bond acceptors (Lipinski definition) is 3. The van der Waals surface area contributed by atoms with Gasteiger partial charge in [0.25, 0.3) is 0 Å². The van der Waals surface area contributed by atoms with Crippen molar-refractivity contribution in [3.05, 3.63) is 0 Å². The van der Waals surface area contributed by atoms with Crippen LogP contribution in [0.5, 0.6) is 0 Å². The first-order valence-electron chi connectivity index (χ1n) is 3.85. The Kier molecular flexibility index (Phi) is 5.78. The number of rotatable bonds is 5. The summed E-state index contributed by atoms with van der Waals surface area (Å²) in [5.41, 5.74) is 5.13. The summed E-state index contributed by atoms with van der Waals surface area (Å²) in [6.45, 7) is 2.38. The van der Waals surface area contributed by atoms with Gasteiger partial charge in [0.2, 0.25) is 5.91 Å². The van der Waals surface area contributed by atoms with E-state index in [1.807, 2.05) is 6.92 Å². The van der Waals surface area contributed by atoms with Gasteiger partial charge in [-0.05, 0) is 6.42 Å². The molecule has 4 nitrogen and oxygen atoms in total. The molecule has 0 saturated carbocycles. The Labute approximate surface area is 66.8 Å². The number of carbonyl (C=O) groups excluding carboxylic acids is 1. The molecule has 1 amide bonds. The monoisotopic (exact) mass is 160 g/mol. The molecule has 0 fully saturated rings. The third kappa shape index (κ3) is 5.82. The fourth-order valence-electron chi connectivity index (χ4n) is 0.630. The van der Waals surface area contributed by atoms with Gasteiger partial charge < -0.3 is 16.2 Å². The minimum Gasteiger partial charge on any atom is -0.390 e. The van der Waals surface area contributed by atoms with Crippen LogP contribution in [0.4, 0.5) is 0 Å². The second kappa shape index (κ2) is 6.12. The molecule has 0 aliphatic rings. The van der Waals surface area contributed by atoms with E-state index >= 15 is 0 Å². The van der Waals surface area contributed by atoms with Crippen LogP contribution in [0.25, 0.3) is 0 Å². The van der Waals surface area contributed by atoms with Crippen molar-refractivity contribution in [2.75, 3.05) is 13.1 Å². The molecule has 11 heavy (non-hydrogen) atoms. The molecule has 1 atom stereocenters. The van der Waals surface area contributed by atoms with Gasteiger partial charge in [0.05, 0.1) is 6.10 Å². The van der Waals surface area contributed by atoms with Crippen LogP contribution in [-0.4, -0.2) is 30.2 Å². The zero-order valence-electron chi connectivity index (χ0n) is 6.84. The van der Waals surface area contributed by atoms with Crippen molar-refractivity contribution >= 4 is 5.91 Å². The van der Waals surface area contributed by atoms with Crippen molar-refractivity contribution in [3.8, 4) is 0 Å². The van der Waals surface area contributed by atoms with Gasteiger partial charge in [-0.3, -0.25) is 4.79 Å². The maximum atomic E-state index is 10.8. The lowest BCUT2D eigenvalue weighted by molar-refractivity contribution is -0.121. The number of nitrogens with two attached hydrogens (primary N) is 1. The van der Waals surface area contributed by atoms with Crippen molar-refractivity contribution in [1.29, 1.82) is 0 Å². The molecule has 0 bridgehead atoms. The fourth-order valence-corrected chi connectivity index (χ4v) is 0.630. The van der Waals surface area contributed by atoms with E-state index in [2.05, 4.69) is 5.32 Å². The first-order chi connectivity index (χ1) is 5.20. The lowest BCUT2D eigenvalue weighted by Gasteiger charge is -2.08. The summed E-state index contributed by atoms with van der Waals surface area (Å²) in [6.07, 6.45) is 0.720. The highest BCUT2D eigenvalue weighted by Gasteiger charge is 2.02. The fraction of sp³-hybridized carbons (Fsp3) is 0.857. The highest BCUT2D eigenvalue weighted by molar-refractivity contribution is 5.75. The third-order valence-corrected chi connectivity index (χ3v) is 1.28. The minimum absolute atomic E-state index is 0.0278. The maximum Gasteiger partial charge on any atom is 0.220 e. The van der Waals surface area contributed by atoms with Crippen LogP contribution in [0.15, 0.2) is 0 Å². The van der Waals surface area contributed by atoms with E-state index in [0.29, 0.717) is 6.42 Å². The molecule has 0 saturated heterocycles. The Bertz CT molecular complexity index is 117. The van der Waals surface area contributed by atoms with Gasteiger partial charge in [-0.2, -0.15) is 0 Å². The largest absolute Gasteiger partial charge is 0.390 e. The number of carbonyl (C=O) groups is 1. The molecule has 66 valence electrons. The van der Waals surface area contributed by atoms with Gasteiger partial charge in [-0.25, -0.2) is 0 Å². The van der Waals surface area contributed by atoms with E-state index in [0.717, 1.165) is 6.42 Å². The number of nitrogens with one attached hydrogen (secondary N) is 1. The summed E-state index contributed by atoms with van der Waals surface area (Å²) < 4.78 is 0. The Hall–Kier alpha value is -0.610. The Morgan fingerprint density at radius 2 is 2.36 bits per heavy atom. The molecule has 0 radical (unpaired) electrons. The molecule has 0 aliphatic carbocycles. The van der Waals surface area contributed by atoms with Gasteiger partial charge in [-0.1, -0.05) is 6.92 Å². The van der Waals surface area contributed by atoms with Crippen molar-refractivity contribution < 1.29 is 9.90 Å². The molecule has 0 heterocycles. The highest BCUT2D eigenvalue weighted by atomic mass is 16.3. The smallest absolute Gasteiger partial charge is 0.220 e. The predicted octanol–water partition coefficient (Wildman–Crippen LogP) is -0.778. The quantitative estimate of drug-likeness (QED) is 0.494. The van der Waals surface area contributed by atoms with Crippen molar-refractivity contribution in [2.24, 2.45) is 5.73 Å². The molecule has 4 heteroatoms. The molecule has 0 aliphatic heterocycles. The number of hydrogen-bond donors (Lipinski definition) is 3. The standard InChI is InChI=1S/C7H16N2O2/c1-2-3-7(11)9-5-6(10)4-8/h6,10H,2-5,8H2,1H3,(H,9,11). The summed E-state index contributed by atoms with van der Waals surface area (Å²) >= 11 is 0. The average molecular weight is 160 g/mol. The zero-order valence-corrected chi connectivity index (χ0v) is 6.84. The average Bonchev–Trinajstić information content (AvgIpc) is 2.01. The van der Waals surface area contributed by atoms with Gasteiger partial charge in [0.15, 0.2) is 0 Å². The van der Waals surface area contributed by atoms with E-state index in [1.165, 1.54) is 0 Å². The molecule has 0 aromatic heterocycles. The minimum atomic E-state index is -0.615. The molecular formula is C7H16N2O2. The van der Waals surface area contributed by atoms with Crippen LogP contribution in [0, 0.1) is 0 Å². The Morgan fingerprint density at radius 1 is 1.73 bits per heavy atom. The number of aliphatic hydroxyl groups is 1. The normalized spacial score (nSPS) is 12.6. The zero-order chi connectivity index (χ0) is 8.69. The molecule has 0 aromatic carbocycles. The van der Waals surface area contributed by atoms with Crippen LogP contribution in [0.2, 0.25) is 0 Å². The predicted molar refractivity (Wildman–Crippen MR) is 43.0 cm³/mol. The Morgan fingerprint density at radius 3 is 2.82 bits per heavy atom. The SMILES string of the molecule is CCCC(=O)NCC(O)CN. The molecule has 0 aromatic rings. The highest BCUT2D eigenvalue weighted by Crippen LogP contribution is 1.85. The van der Waals surface area contributed by atoms with E-state index < -0.39 is 6.10 Å². The van der Waals surface area contributed by atoms with Crippen molar-refractivity contribution in [1.82, 2.24) is 5.32 Å². The molecule has 0 spiro atoms. The van der Waals surface area contributed by atoms with Crippen molar-refractivity contribution in [3.63, 3.8) is 0 Å².